The van der Waals surface area contributed by atoms with Crippen LogP contribution in [0.25, 0.3) is 5.69 Å². The van der Waals surface area contributed by atoms with Crippen LogP contribution in [0.3, 0.4) is 0 Å². The minimum Gasteiger partial charge on any atom is -0.482 e. The van der Waals surface area contributed by atoms with Crippen molar-refractivity contribution in [2.24, 2.45) is 0 Å². The molecule has 1 unspecified atom stereocenters. The number of imidazole rings is 1. The van der Waals surface area contributed by atoms with E-state index in [0.717, 1.165) is 15.7 Å². The van der Waals surface area contributed by atoms with E-state index in [1.54, 1.807) is 24.7 Å². The SMILES string of the molecule is CC(NC(=O)COc1ccc(Br)cc1Cl)c1ccc(-n2ccnc2)cc1. The minimum absolute atomic E-state index is 0.0984. The van der Waals surface area contributed by atoms with E-state index >= 15 is 0 Å². The third kappa shape index (κ3) is 4.65. The number of carbonyl (C=O) groups excluding carboxylic acids is 1. The molecule has 2 aromatic carbocycles. The minimum atomic E-state index is -0.213. The lowest BCUT2D eigenvalue weighted by atomic mass is 10.1. The van der Waals surface area contributed by atoms with Crippen molar-refractivity contribution in [2.45, 2.75) is 13.0 Å². The van der Waals surface area contributed by atoms with E-state index in [4.69, 9.17) is 16.3 Å². The van der Waals surface area contributed by atoms with Crippen molar-refractivity contribution in [3.63, 3.8) is 0 Å². The third-order valence-electron chi connectivity index (χ3n) is 3.83. The summed E-state index contributed by atoms with van der Waals surface area (Å²) in [5.41, 5.74) is 2.02. The molecule has 0 saturated heterocycles. The van der Waals surface area contributed by atoms with Crippen LogP contribution in [0.1, 0.15) is 18.5 Å². The molecule has 1 atom stereocenters. The van der Waals surface area contributed by atoms with Crippen LogP contribution in [0.15, 0.2) is 65.7 Å². The molecule has 0 aliphatic heterocycles. The molecule has 5 nitrogen and oxygen atoms in total. The Morgan fingerprint density at radius 3 is 2.73 bits per heavy atom. The Labute approximate surface area is 165 Å². The number of nitrogens with zero attached hydrogens (tertiary/aromatic N) is 2. The zero-order valence-corrected chi connectivity index (χ0v) is 16.4. The fraction of sp³-hybridized carbons (Fsp3) is 0.158. The van der Waals surface area contributed by atoms with Crippen LogP contribution < -0.4 is 10.1 Å². The number of amides is 1. The molecule has 26 heavy (non-hydrogen) atoms. The number of nitrogens with one attached hydrogen (secondary N) is 1. The summed E-state index contributed by atoms with van der Waals surface area (Å²) in [6.07, 6.45) is 5.35. The van der Waals surface area contributed by atoms with Gasteiger partial charge in [-0.2, -0.15) is 0 Å². The van der Waals surface area contributed by atoms with Gasteiger partial charge in [-0.25, -0.2) is 4.98 Å². The summed E-state index contributed by atoms with van der Waals surface area (Å²) in [6.45, 7) is 1.83. The Kier molecular flexibility index (Phi) is 5.96. The molecule has 134 valence electrons. The van der Waals surface area contributed by atoms with Gasteiger partial charge in [-0.3, -0.25) is 4.79 Å². The third-order valence-corrected chi connectivity index (χ3v) is 4.61. The van der Waals surface area contributed by atoms with E-state index in [1.165, 1.54) is 0 Å². The quantitative estimate of drug-likeness (QED) is 0.619. The molecule has 1 N–H and O–H groups in total. The van der Waals surface area contributed by atoms with Gasteiger partial charge in [-0.1, -0.05) is 39.7 Å². The fourth-order valence-corrected chi connectivity index (χ4v) is 3.18. The van der Waals surface area contributed by atoms with E-state index in [9.17, 15) is 4.79 Å². The maximum atomic E-state index is 12.1. The predicted molar refractivity (Wildman–Crippen MR) is 105 cm³/mol. The summed E-state index contributed by atoms with van der Waals surface area (Å²) in [4.78, 5) is 16.2. The first-order chi connectivity index (χ1) is 12.5. The summed E-state index contributed by atoms with van der Waals surface area (Å²) in [7, 11) is 0. The van der Waals surface area contributed by atoms with E-state index in [2.05, 4.69) is 26.2 Å². The molecule has 0 bridgehead atoms. The Morgan fingerprint density at radius 1 is 1.31 bits per heavy atom. The summed E-state index contributed by atoms with van der Waals surface area (Å²) < 4.78 is 8.26. The number of hydrogen-bond acceptors (Lipinski definition) is 3. The van der Waals surface area contributed by atoms with Crippen molar-refractivity contribution >= 4 is 33.4 Å². The van der Waals surface area contributed by atoms with Gasteiger partial charge in [0.15, 0.2) is 6.61 Å². The van der Waals surface area contributed by atoms with Crippen LogP contribution in [0.2, 0.25) is 5.02 Å². The largest absolute Gasteiger partial charge is 0.482 e. The average molecular weight is 435 g/mol. The second-order valence-electron chi connectivity index (χ2n) is 5.71. The molecule has 3 rings (SSSR count). The van der Waals surface area contributed by atoms with Crippen LogP contribution in [0, 0.1) is 0 Å². The van der Waals surface area contributed by atoms with E-state index < -0.39 is 0 Å². The van der Waals surface area contributed by atoms with E-state index in [0.29, 0.717) is 10.8 Å². The van der Waals surface area contributed by atoms with Crippen molar-refractivity contribution < 1.29 is 9.53 Å². The van der Waals surface area contributed by atoms with Crippen molar-refractivity contribution in [3.05, 3.63) is 76.2 Å². The Morgan fingerprint density at radius 2 is 2.08 bits per heavy atom. The topological polar surface area (TPSA) is 56.1 Å². The Balaban J connectivity index is 1.55. The maximum absolute atomic E-state index is 12.1. The summed E-state index contributed by atoms with van der Waals surface area (Å²) in [5, 5.41) is 3.37. The number of ether oxygens (including phenoxy) is 1. The number of aromatic nitrogens is 2. The van der Waals surface area contributed by atoms with Crippen LogP contribution in [-0.2, 0) is 4.79 Å². The molecule has 0 fully saturated rings. The molecular weight excluding hydrogens is 418 g/mol. The number of benzene rings is 2. The number of rotatable bonds is 6. The lowest BCUT2D eigenvalue weighted by molar-refractivity contribution is -0.123. The molecule has 1 aromatic heterocycles. The predicted octanol–water partition coefficient (Wildman–Crippen LogP) is 4.54. The summed E-state index contributed by atoms with van der Waals surface area (Å²) in [6, 6.07) is 13.0. The first kappa shape index (κ1) is 18.5. The van der Waals surface area contributed by atoms with Crippen molar-refractivity contribution in [3.8, 4) is 11.4 Å². The molecule has 1 heterocycles. The summed E-state index contributed by atoms with van der Waals surface area (Å²) in [5.74, 6) is 0.262. The lowest BCUT2D eigenvalue weighted by Crippen LogP contribution is -2.31. The van der Waals surface area contributed by atoms with Crippen LogP contribution >= 0.6 is 27.5 Å². The van der Waals surface area contributed by atoms with Crippen molar-refractivity contribution in [2.75, 3.05) is 6.61 Å². The smallest absolute Gasteiger partial charge is 0.258 e. The van der Waals surface area contributed by atoms with Gasteiger partial charge in [-0.15, -0.1) is 0 Å². The molecule has 7 heteroatoms. The standard InChI is InChI=1S/C19H17BrClN3O2/c1-13(14-2-5-16(6-3-14)24-9-8-22-12-24)23-19(25)11-26-18-7-4-15(20)10-17(18)21/h2-10,12-13H,11H2,1H3,(H,23,25). The van der Waals surface area contributed by atoms with Crippen molar-refractivity contribution in [1.82, 2.24) is 14.9 Å². The molecule has 0 aliphatic rings. The maximum Gasteiger partial charge on any atom is 0.258 e. The average Bonchev–Trinajstić information content (AvgIpc) is 3.16. The van der Waals surface area contributed by atoms with Gasteiger partial charge in [0.25, 0.3) is 5.91 Å². The monoisotopic (exact) mass is 433 g/mol. The van der Waals surface area contributed by atoms with Gasteiger partial charge in [0.05, 0.1) is 17.4 Å². The van der Waals surface area contributed by atoms with Gasteiger partial charge in [-0.05, 0) is 42.8 Å². The highest BCUT2D eigenvalue weighted by Gasteiger charge is 2.11. The lowest BCUT2D eigenvalue weighted by Gasteiger charge is -2.15. The van der Waals surface area contributed by atoms with Gasteiger partial charge in [0.1, 0.15) is 5.75 Å². The number of halogens is 2. The summed E-state index contributed by atoms with van der Waals surface area (Å²) >= 11 is 9.41. The molecule has 1 amide bonds. The molecule has 0 spiro atoms. The molecule has 3 aromatic rings. The molecule has 0 aliphatic carbocycles. The Bertz CT molecular complexity index is 882. The normalized spacial score (nSPS) is 11.8. The zero-order chi connectivity index (χ0) is 18.5. The first-order valence-electron chi connectivity index (χ1n) is 7.98. The van der Waals surface area contributed by atoms with Gasteiger partial charge in [0, 0.05) is 22.6 Å². The molecular formula is C19H17BrClN3O2. The molecule has 0 radical (unpaired) electrons. The van der Waals surface area contributed by atoms with Crippen molar-refractivity contribution in [1.29, 1.82) is 0 Å². The van der Waals surface area contributed by atoms with Crippen LogP contribution in [-0.4, -0.2) is 22.1 Å². The van der Waals surface area contributed by atoms with Crippen LogP contribution in [0.5, 0.6) is 5.75 Å². The number of hydrogen-bond donors (Lipinski definition) is 1. The second-order valence-corrected chi connectivity index (χ2v) is 7.04. The highest BCUT2D eigenvalue weighted by molar-refractivity contribution is 9.10. The number of carbonyl (C=O) groups is 1. The molecule has 0 saturated carbocycles. The highest BCUT2D eigenvalue weighted by atomic mass is 79.9. The van der Waals surface area contributed by atoms with E-state index in [1.807, 2.05) is 48.0 Å². The van der Waals surface area contributed by atoms with Crippen LogP contribution in [0.4, 0.5) is 0 Å². The fourth-order valence-electron chi connectivity index (χ4n) is 2.45. The highest BCUT2D eigenvalue weighted by Crippen LogP contribution is 2.27. The Hall–Kier alpha value is -2.31. The second kappa shape index (κ2) is 8.38. The zero-order valence-electron chi connectivity index (χ0n) is 14.0. The van der Waals surface area contributed by atoms with Gasteiger partial charge < -0.3 is 14.6 Å². The van der Waals surface area contributed by atoms with E-state index in [-0.39, 0.29) is 18.6 Å². The van der Waals surface area contributed by atoms with Gasteiger partial charge in [0.2, 0.25) is 0 Å². The van der Waals surface area contributed by atoms with Gasteiger partial charge >= 0.3 is 0 Å². The first-order valence-corrected chi connectivity index (χ1v) is 9.15.